The molecule has 0 radical (unpaired) electrons. The van der Waals surface area contributed by atoms with Gasteiger partial charge in [-0.1, -0.05) is 22.9 Å². The van der Waals surface area contributed by atoms with Crippen LogP contribution in [0.5, 0.6) is 5.75 Å². The van der Waals surface area contributed by atoms with Gasteiger partial charge >= 0.3 is 5.97 Å². The van der Waals surface area contributed by atoms with E-state index in [2.05, 4.69) is 10.3 Å². The number of carboxylic acid groups (broad SMARTS) is 1. The summed E-state index contributed by atoms with van der Waals surface area (Å²) >= 11 is 0. The van der Waals surface area contributed by atoms with Crippen molar-refractivity contribution in [3.05, 3.63) is 41.7 Å². The summed E-state index contributed by atoms with van der Waals surface area (Å²) in [6.07, 6.45) is 2.22. The Morgan fingerprint density at radius 1 is 1.35 bits per heavy atom. The molecule has 6 nitrogen and oxygen atoms in total. The third-order valence-electron chi connectivity index (χ3n) is 2.79. The molecule has 0 aliphatic carbocycles. The van der Waals surface area contributed by atoms with E-state index in [0.29, 0.717) is 25.3 Å². The molecule has 0 atom stereocenters. The Kier molecular flexibility index (Phi) is 4.70. The number of aromatic nitrogens is 3. The third kappa shape index (κ3) is 4.38. The van der Waals surface area contributed by atoms with Crippen LogP contribution in [-0.2, 0) is 17.8 Å². The van der Waals surface area contributed by atoms with E-state index in [9.17, 15) is 4.79 Å². The van der Waals surface area contributed by atoms with Gasteiger partial charge in [0, 0.05) is 12.6 Å². The monoisotopic (exact) mass is 275 g/mol. The predicted octanol–water partition coefficient (Wildman–Crippen LogP) is 1.68. The Labute approximate surface area is 117 Å². The first kappa shape index (κ1) is 14.0. The lowest BCUT2D eigenvalue weighted by Crippen LogP contribution is -2.08. The van der Waals surface area contributed by atoms with E-state index in [-0.39, 0.29) is 6.42 Å². The highest BCUT2D eigenvalue weighted by atomic mass is 16.5. The smallest absolute Gasteiger partial charge is 0.303 e. The maximum atomic E-state index is 10.5. The van der Waals surface area contributed by atoms with Crippen LogP contribution in [0.25, 0.3) is 0 Å². The lowest BCUT2D eigenvalue weighted by atomic mass is 10.2. The summed E-state index contributed by atoms with van der Waals surface area (Å²) in [5.41, 5.74) is 1.87. The van der Waals surface area contributed by atoms with Crippen molar-refractivity contribution in [3.63, 3.8) is 0 Å². The number of ether oxygens (including phenoxy) is 1. The average molecular weight is 275 g/mol. The molecule has 0 bridgehead atoms. The van der Waals surface area contributed by atoms with Crippen LogP contribution in [0, 0.1) is 6.92 Å². The van der Waals surface area contributed by atoms with Gasteiger partial charge in [-0.15, -0.1) is 5.10 Å². The van der Waals surface area contributed by atoms with E-state index in [1.54, 1.807) is 10.9 Å². The molecular formula is C14H17N3O3. The molecule has 1 aromatic carbocycles. The summed E-state index contributed by atoms with van der Waals surface area (Å²) < 4.78 is 7.25. The molecule has 6 heteroatoms. The van der Waals surface area contributed by atoms with Crippen LogP contribution < -0.4 is 4.74 Å². The number of rotatable bonds is 7. The molecule has 1 N–H and O–H groups in total. The maximum Gasteiger partial charge on any atom is 0.303 e. The van der Waals surface area contributed by atoms with Gasteiger partial charge in [0.05, 0.1) is 18.7 Å². The first-order valence-corrected chi connectivity index (χ1v) is 6.44. The number of carbonyl (C=O) groups is 1. The Morgan fingerprint density at radius 2 is 2.10 bits per heavy atom. The van der Waals surface area contributed by atoms with Gasteiger partial charge in [0.1, 0.15) is 12.4 Å². The molecule has 0 aliphatic heterocycles. The molecule has 1 aromatic heterocycles. The third-order valence-corrected chi connectivity index (χ3v) is 2.79. The number of aliphatic carboxylic acids is 1. The molecule has 0 saturated heterocycles. The summed E-state index contributed by atoms with van der Waals surface area (Å²) in [7, 11) is 0. The van der Waals surface area contributed by atoms with Crippen molar-refractivity contribution < 1.29 is 14.6 Å². The average Bonchev–Trinajstić information content (AvgIpc) is 2.87. The summed E-state index contributed by atoms with van der Waals surface area (Å²) in [4.78, 5) is 10.5. The molecule has 0 unspecified atom stereocenters. The Morgan fingerprint density at radius 3 is 2.80 bits per heavy atom. The molecule has 0 spiro atoms. The van der Waals surface area contributed by atoms with Gasteiger partial charge in [0.2, 0.25) is 0 Å². The second kappa shape index (κ2) is 6.70. The lowest BCUT2D eigenvalue weighted by molar-refractivity contribution is -0.136. The van der Waals surface area contributed by atoms with Crippen LogP contribution >= 0.6 is 0 Å². The van der Waals surface area contributed by atoms with Crippen LogP contribution in [0.4, 0.5) is 0 Å². The Balaban J connectivity index is 1.76. The second-order valence-electron chi connectivity index (χ2n) is 4.53. The van der Waals surface area contributed by atoms with Crippen LogP contribution in [0.1, 0.15) is 17.7 Å². The zero-order valence-electron chi connectivity index (χ0n) is 11.3. The van der Waals surface area contributed by atoms with Gasteiger partial charge in [-0.05, 0) is 19.1 Å². The van der Waals surface area contributed by atoms with Gasteiger partial charge in [-0.25, -0.2) is 4.68 Å². The van der Waals surface area contributed by atoms with E-state index in [1.165, 1.54) is 5.56 Å². The van der Waals surface area contributed by atoms with Gasteiger partial charge in [0.25, 0.3) is 0 Å². The van der Waals surface area contributed by atoms with Gasteiger partial charge in [-0.3, -0.25) is 4.79 Å². The molecule has 0 aliphatic rings. The maximum absolute atomic E-state index is 10.5. The van der Waals surface area contributed by atoms with Crippen LogP contribution in [0.3, 0.4) is 0 Å². The molecule has 1 heterocycles. The predicted molar refractivity (Wildman–Crippen MR) is 72.7 cm³/mol. The van der Waals surface area contributed by atoms with Crippen molar-refractivity contribution in [1.82, 2.24) is 15.0 Å². The summed E-state index contributed by atoms with van der Waals surface area (Å²) in [5, 5.41) is 16.4. The number of nitrogens with zero attached hydrogens (tertiary/aromatic N) is 3. The summed E-state index contributed by atoms with van der Waals surface area (Å²) in [6, 6.07) is 7.84. The number of aryl methyl sites for hydroxylation is 2. The fourth-order valence-electron chi connectivity index (χ4n) is 1.69. The van der Waals surface area contributed by atoms with E-state index in [0.717, 1.165) is 5.75 Å². The molecule has 2 aromatic rings. The molecule has 0 fully saturated rings. The highest BCUT2D eigenvalue weighted by Gasteiger charge is 2.04. The molecule has 0 saturated carbocycles. The molecule has 20 heavy (non-hydrogen) atoms. The van der Waals surface area contributed by atoms with Crippen LogP contribution in [0.2, 0.25) is 0 Å². The Hall–Kier alpha value is -2.37. The highest BCUT2D eigenvalue weighted by molar-refractivity contribution is 5.66. The fraction of sp³-hybridized carbons (Fsp3) is 0.357. The second-order valence-corrected chi connectivity index (χ2v) is 4.53. The van der Waals surface area contributed by atoms with E-state index < -0.39 is 5.97 Å². The van der Waals surface area contributed by atoms with Crippen LogP contribution in [0.15, 0.2) is 30.5 Å². The number of carboxylic acids is 1. The number of hydrogen-bond donors (Lipinski definition) is 1. The topological polar surface area (TPSA) is 77.2 Å². The summed E-state index contributed by atoms with van der Waals surface area (Å²) in [6.45, 7) is 3.09. The van der Waals surface area contributed by atoms with E-state index in [1.807, 2.05) is 31.2 Å². The van der Waals surface area contributed by atoms with Crippen molar-refractivity contribution in [3.8, 4) is 5.75 Å². The quantitative estimate of drug-likeness (QED) is 0.832. The van der Waals surface area contributed by atoms with Gasteiger partial charge < -0.3 is 9.84 Å². The van der Waals surface area contributed by atoms with Gasteiger partial charge in [0.15, 0.2) is 0 Å². The largest absolute Gasteiger partial charge is 0.492 e. The summed E-state index contributed by atoms with van der Waals surface area (Å²) in [5.74, 6) is -0.0101. The standard InChI is InChI=1S/C14H17N3O3/c1-11-2-5-13(6-3-11)20-9-8-17-10-12(15-16-17)4-7-14(18)19/h2-3,5-6,10H,4,7-9H2,1H3,(H,18,19). The first-order chi connectivity index (χ1) is 9.63. The van der Waals surface area contributed by atoms with Crippen molar-refractivity contribution in [2.75, 3.05) is 6.61 Å². The first-order valence-electron chi connectivity index (χ1n) is 6.44. The molecular weight excluding hydrogens is 258 g/mol. The van der Waals surface area contributed by atoms with E-state index >= 15 is 0 Å². The minimum atomic E-state index is -0.831. The lowest BCUT2D eigenvalue weighted by Gasteiger charge is -2.05. The SMILES string of the molecule is Cc1ccc(OCCn2cc(CCC(=O)O)nn2)cc1. The van der Waals surface area contributed by atoms with Crippen LogP contribution in [-0.4, -0.2) is 32.7 Å². The normalized spacial score (nSPS) is 10.4. The number of hydrogen-bond acceptors (Lipinski definition) is 4. The fourth-order valence-corrected chi connectivity index (χ4v) is 1.69. The highest BCUT2D eigenvalue weighted by Crippen LogP contribution is 2.11. The van der Waals surface area contributed by atoms with Crippen molar-refractivity contribution >= 4 is 5.97 Å². The van der Waals surface area contributed by atoms with E-state index in [4.69, 9.17) is 9.84 Å². The van der Waals surface area contributed by atoms with Gasteiger partial charge in [-0.2, -0.15) is 0 Å². The minimum Gasteiger partial charge on any atom is -0.492 e. The molecule has 2 rings (SSSR count). The van der Waals surface area contributed by atoms with Crippen molar-refractivity contribution in [2.45, 2.75) is 26.3 Å². The zero-order chi connectivity index (χ0) is 14.4. The Bertz CT molecular complexity index is 563. The van der Waals surface area contributed by atoms with Crippen molar-refractivity contribution in [2.24, 2.45) is 0 Å². The van der Waals surface area contributed by atoms with Crippen molar-refractivity contribution in [1.29, 1.82) is 0 Å². The number of benzene rings is 1. The zero-order valence-corrected chi connectivity index (χ0v) is 11.3. The molecule has 0 amide bonds. The molecule has 106 valence electrons. The minimum absolute atomic E-state index is 0.0680.